The molecule has 2 N–H and O–H groups in total. The number of benzene rings is 3. The van der Waals surface area contributed by atoms with E-state index >= 15 is 0 Å². The third kappa shape index (κ3) is 5.59. The molecule has 0 fully saturated rings. The van der Waals surface area contributed by atoms with Crippen LogP contribution in [0.1, 0.15) is 21.5 Å². The van der Waals surface area contributed by atoms with E-state index in [1.54, 1.807) is 13.2 Å². The Morgan fingerprint density at radius 1 is 1.10 bits per heavy atom. The fourth-order valence-electron chi connectivity index (χ4n) is 2.76. The number of ether oxygens (including phenoxy) is 2. The Kier molecular flexibility index (Phi) is 7.48. The van der Waals surface area contributed by atoms with E-state index in [4.69, 9.17) is 37.8 Å². The van der Waals surface area contributed by atoms with Crippen LogP contribution in [0.5, 0.6) is 11.5 Å². The lowest BCUT2D eigenvalue weighted by Gasteiger charge is -2.15. The van der Waals surface area contributed by atoms with Gasteiger partial charge in [-0.1, -0.05) is 51.3 Å². The van der Waals surface area contributed by atoms with E-state index < -0.39 is 5.97 Å². The Balaban J connectivity index is 1.75. The van der Waals surface area contributed by atoms with Gasteiger partial charge in [0.1, 0.15) is 6.61 Å². The van der Waals surface area contributed by atoms with Gasteiger partial charge < -0.3 is 19.9 Å². The summed E-state index contributed by atoms with van der Waals surface area (Å²) >= 11 is 15.8. The molecule has 3 aromatic rings. The molecule has 156 valence electrons. The largest absolute Gasteiger partial charge is 0.493 e. The number of aromatic carboxylic acids is 1. The quantitative estimate of drug-likeness (QED) is 0.355. The summed E-state index contributed by atoms with van der Waals surface area (Å²) < 4.78 is 12.2. The Morgan fingerprint density at radius 2 is 1.90 bits per heavy atom. The van der Waals surface area contributed by atoms with Crippen molar-refractivity contribution in [3.05, 3.63) is 85.8 Å². The average molecular weight is 511 g/mol. The highest BCUT2D eigenvalue weighted by Crippen LogP contribution is 2.35. The maximum absolute atomic E-state index is 11.2. The van der Waals surface area contributed by atoms with Gasteiger partial charge in [-0.25, -0.2) is 4.79 Å². The van der Waals surface area contributed by atoms with Crippen LogP contribution in [0.2, 0.25) is 10.0 Å². The summed E-state index contributed by atoms with van der Waals surface area (Å²) in [4.78, 5) is 11.2. The molecular weight excluding hydrogens is 493 g/mol. The van der Waals surface area contributed by atoms with Gasteiger partial charge in [-0.05, 0) is 53.6 Å². The first-order chi connectivity index (χ1) is 14.4. The van der Waals surface area contributed by atoms with Gasteiger partial charge in [0.05, 0.1) is 23.4 Å². The molecule has 0 saturated heterocycles. The zero-order valence-electron chi connectivity index (χ0n) is 15.9. The summed E-state index contributed by atoms with van der Waals surface area (Å²) in [6, 6.07) is 15.6. The van der Waals surface area contributed by atoms with Crippen molar-refractivity contribution in [1.82, 2.24) is 0 Å². The predicted molar refractivity (Wildman–Crippen MR) is 122 cm³/mol. The van der Waals surface area contributed by atoms with Gasteiger partial charge in [-0.15, -0.1) is 0 Å². The number of halogens is 3. The van der Waals surface area contributed by atoms with Gasteiger partial charge >= 0.3 is 5.97 Å². The standard InChI is InChI=1S/C22H18BrCl2NO4/c1-29-20-9-15(11-26-19-8-14(22(27)28)5-6-18(19)25)17(23)10-21(20)30-12-13-3-2-4-16(24)7-13/h2-10,26H,11-12H2,1H3,(H,27,28). The van der Waals surface area contributed by atoms with E-state index in [-0.39, 0.29) is 5.56 Å². The Labute approximate surface area is 192 Å². The Morgan fingerprint density at radius 3 is 2.60 bits per heavy atom. The van der Waals surface area contributed by atoms with Gasteiger partial charge in [-0.3, -0.25) is 0 Å². The maximum Gasteiger partial charge on any atom is 0.335 e. The van der Waals surface area contributed by atoms with Gasteiger partial charge in [0, 0.05) is 16.0 Å². The maximum atomic E-state index is 11.2. The van der Waals surface area contributed by atoms with E-state index in [2.05, 4.69) is 21.2 Å². The number of carboxylic acids is 1. The zero-order chi connectivity index (χ0) is 21.7. The van der Waals surface area contributed by atoms with Crippen molar-refractivity contribution < 1.29 is 19.4 Å². The summed E-state index contributed by atoms with van der Waals surface area (Å²) in [5, 5.41) is 13.4. The van der Waals surface area contributed by atoms with Crippen LogP contribution < -0.4 is 14.8 Å². The highest BCUT2D eigenvalue weighted by Gasteiger charge is 2.12. The van der Waals surface area contributed by atoms with Crippen molar-refractivity contribution in [1.29, 1.82) is 0 Å². The number of anilines is 1. The number of carboxylic acid groups (broad SMARTS) is 1. The van der Waals surface area contributed by atoms with Crippen LogP contribution in [0.4, 0.5) is 5.69 Å². The molecule has 0 radical (unpaired) electrons. The number of rotatable bonds is 8. The predicted octanol–water partition coefficient (Wildman–Crippen LogP) is 6.65. The van der Waals surface area contributed by atoms with E-state index in [9.17, 15) is 4.79 Å². The minimum atomic E-state index is -1.02. The van der Waals surface area contributed by atoms with E-state index in [1.807, 2.05) is 36.4 Å². The van der Waals surface area contributed by atoms with Gasteiger partial charge in [0.25, 0.3) is 0 Å². The first kappa shape index (κ1) is 22.3. The lowest BCUT2D eigenvalue weighted by atomic mass is 10.1. The van der Waals surface area contributed by atoms with Gasteiger partial charge in [-0.2, -0.15) is 0 Å². The summed E-state index contributed by atoms with van der Waals surface area (Å²) in [6.45, 7) is 0.743. The van der Waals surface area contributed by atoms with Crippen LogP contribution >= 0.6 is 39.1 Å². The lowest BCUT2D eigenvalue weighted by molar-refractivity contribution is 0.0697. The molecule has 0 unspecified atom stereocenters. The van der Waals surface area contributed by atoms with Crippen molar-refractivity contribution in [2.75, 3.05) is 12.4 Å². The van der Waals surface area contributed by atoms with Crippen LogP contribution in [0.15, 0.2) is 59.1 Å². The number of methoxy groups -OCH3 is 1. The second kappa shape index (κ2) is 10.1. The highest BCUT2D eigenvalue weighted by molar-refractivity contribution is 9.10. The number of hydrogen-bond acceptors (Lipinski definition) is 4. The van der Waals surface area contributed by atoms with Crippen molar-refractivity contribution >= 4 is 50.8 Å². The summed E-state index contributed by atoms with van der Waals surface area (Å²) in [5.41, 5.74) is 2.52. The van der Waals surface area contributed by atoms with Crippen molar-refractivity contribution in [2.24, 2.45) is 0 Å². The third-order valence-electron chi connectivity index (χ3n) is 4.30. The fourth-order valence-corrected chi connectivity index (χ4v) is 3.62. The van der Waals surface area contributed by atoms with Gasteiger partial charge in [0.15, 0.2) is 11.5 Å². The minimum Gasteiger partial charge on any atom is -0.493 e. The second-order valence-electron chi connectivity index (χ2n) is 6.37. The summed E-state index contributed by atoms with van der Waals surface area (Å²) in [6.07, 6.45) is 0. The van der Waals surface area contributed by atoms with Crippen molar-refractivity contribution in [3.8, 4) is 11.5 Å². The molecular formula is C22H18BrCl2NO4. The van der Waals surface area contributed by atoms with Crippen LogP contribution in [0.25, 0.3) is 0 Å². The molecule has 0 aliphatic carbocycles. The van der Waals surface area contributed by atoms with E-state index in [1.165, 1.54) is 12.1 Å². The number of nitrogens with one attached hydrogen (secondary N) is 1. The number of hydrogen-bond donors (Lipinski definition) is 2. The monoisotopic (exact) mass is 509 g/mol. The normalized spacial score (nSPS) is 10.5. The summed E-state index contributed by atoms with van der Waals surface area (Å²) in [7, 11) is 1.57. The molecule has 8 heteroatoms. The van der Waals surface area contributed by atoms with Crippen molar-refractivity contribution in [3.63, 3.8) is 0 Å². The molecule has 30 heavy (non-hydrogen) atoms. The average Bonchev–Trinajstić information content (AvgIpc) is 2.72. The van der Waals surface area contributed by atoms with Crippen LogP contribution in [0.3, 0.4) is 0 Å². The molecule has 0 saturated carbocycles. The molecule has 0 aliphatic heterocycles. The molecule has 0 aromatic heterocycles. The van der Waals surface area contributed by atoms with Crippen LogP contribution in [-0.2, 0) is 13.2 Å². The molecule has 0 heterocycles. The van der Waals surface area contributed by atoms with Gasteiger partial charge in [0.2, 0.25) is 0 Å². The molecule has 0 atom stereocenters. The van der Waals surface area contributed by atoms with Crippen LogP contribution in [0, 0.1) is 0 Å². The smallest absolute Gasteiger partial charge is 0.335 e. The van der Waals surface area contributed by atoms with E-state index in [0.717, 1.165) is 15.6 Å². The molecule has 5 nitrogen and oxygen atoms in total. The second-order valence-corrected chi connectivity index (χ2v) is 8.06. The molecule has 0 bridgehead atoms. The zero-order valence-corrected chi connectivity index (χ0v) is 19.0. The minimum absolute atomic E-state index is 0.156. The summed E-state index contributed by atoms with van der Waals surface area (Å²) in [5.74, 6) is 0.139. The van der Waals surface area contributed by atoms with Crippen molar-refractivity contribution in [2.45, 2.75) is 13.2 Å². The Bertz CT molecular complexity index is 1070. The molecule has 0 amide bonds. The highest BCUT2D eigenvalue weighted by atomic mass is 79.9. The fraction of sp³-hybridized carbons (Fsp3) is 0.136. The molecule has 0 spiro atoms. The molecule has 3 aromatic carbocycles. The number of carbonyl (C=O) groups is 1. The SMILES string of the molecule is COc1cc(CNc2cc(C(=O)O)ccc2Cl)c(Br)cc1OCc1cccc(Cl)c1. The van der Waals surface area contributed by atoms with Crippen LogP contribution in [-0.4, -0.2) is 18.2 Å². The van der Waals surface area contributed by atoms with E-state index in [0.29, 0.717) is 40.4 Å². The third-order valence-corrected chi connectivity index (χ3v) is 5.60. The first-order valence-electron chi connectivity index (χ1n) is 8.87. The molecule has 0 aliphatic rings. The lowest BCUT2D eigenvalue weighted by Crippen LogP contribution is -2.05. The topological polar surface area (TPSA) is 67.8 Å². The molecule has 3 rings (SSSR count). The first-order valence-corrected chi connectivity index (χ1v) is 10.4. The Hall–Kier alpha value is -2.41.